The van der Waals surface area contributed by atoms with Gasteiger partial charge in [-0.3, -0.25) is 14.9 Å². The standard InChI is InChI=1S/C20H24N2O3/c1-15(2)17-11-8-16(9-12-17)10-13-20(23)21(3)14-18-6-4-5-7-19(18)22(24)25/h4-9,11-12,15H,10,13-14H2,1-3H3. The van der Waals surface area contributed by atoms with Gasteiger partial charge in [-0.1, -0.05) is 56.3 Å². The van der Waals surface area contributed by atoms with Gasteiger partial charge in [-0.15, -0.1) is 0 Å². The Morgan fingerprint density at radius 3 is 2.36 bits per heavy atom. The Balaban J connectivity index is 1.93. The fourth-order valence-electron chi connectivity index (χ4n) is 2.68. The maximum absolute atomic E-state index is 12.3. The quantitative estimate of drug-likeness (QED) is 0.557. The number of hydrogen-bond donors (Lipinski definition) is 0. The summed E-state index contributed by atoms with van der Waals surface area (Å²) in [7, 11) is 1.68. The van der Waals surface area contributed by atoms with E-state index < -0.39 is 4.92 Å². The molecule has 1 amide bonds. The topological polar surface area (TPSA) is 63.5 Å². The van der Waals surface area contributed by atoms with Crippen LogP contribution in [0.2, 0.25) is 0 Å². The number of hydrogen-bond acceptors (Lipinski definition) is 3. The number of rotatable bonds is 7. The first kappa shape index (κ1) is 18.6. The maximum atomic E-state index is 12.3. The molecule has 0 fully saturated rings. The van der Waals surface area contributed by atoms with Crippen LogP contribution in [0.15, 0.2) is 48.5 Å². The SMILES string of the molecule is CC(C)c1ccc(CCC(=O)N(C)Cc2ccccc2[N+](=O)[O-])cc1. The van der Waals surface area contributed by atoms with Crippen molar-refractivity contribution < 1.29 is 9.72 Å². The molecule has 25 heavy (non-hydrogen) atoms. The lowest BCUT2D eigenvalue weighted by Crippen LogP contribution is -2.26. The minimum atomic E-state index is -0.413. The van der Waals surface area contributed by atoms with Crippen LogP contribution in [0.3, 0.4) is 0 Å². The van der Waals surface area contributed by atoms with Crippen molar-refractivity contribution >= 4 is 11.6 Å². The molecule has 0 radical (unpaired) electrons. The van der Waals surface area contributed by atoms with E-state index in [1.807, 2.05) is 0 Å². The number of carbonyl (C=O) groups excluding carboxylic acids is 1. The van der Waals surface area contributed by atoms with E-state index in [0.29, 0.717) is 24.3 Å². The molecule has 0 spiro atoms. The molecule has 0 aliphatic heterocycles. The Morgan fingerprint density at radius 2 is 1.76 bits per heavy atom. The predicted molar refractivity (Wildman–Crippen MR) is 98.4 cm³/mol. The molecule has 0 heterocycles. The van der Waals surface area contributed by atoms with Gasteiger partial charge in [-0.2, -0.15) is 0 Å². The molecule has 0 aliphatic rings. The van der Waals surface area contributed by atoms with Gasteiger partial charge in [0.15, 0.2) is 0 Å². The van der Waals surface area contributed by atoms with Gasteiger partial charge in [-0.25, -0.2) is 0 Å². The Kier molecular flexibility index (Phi) is 6.28. The van der Waals surface area contributed by atoms with Gasteiger partial charge in [0.1, 0.15) is 0 Å². The van der Waals surface area contributed by atoms with Crippen LogP contribution < -0.4 is 0 Å². The first-order chi connectivity index (χ1) is 11.9. The van der Waals surface area contributed by atoms with Crippen molar-refractivity contribution in [2.24, 2.45) is 0 Å². The third-order valence-corrected chi connectivity index (χ3v) is 4.30. The Labute approximate surface area is 148 Å². The highest BCUT2D eigenvalue weighted by Crippen LogP contribution is 2.20. The Bertz CT molecular complexity index is 739. The lowest BCUT2D eigenvalue weighted by atomic mass is 10.00. The summed E-state index contributed by atoms with van der Waals surface area (Å²) in [6.45, 7) is 4.54. The molecule has 5 heteroatoms. The third-order valence-electron chi connectivity index (χ3n) is 4.30. The molecule has 132 valence electrons. The molecule has 0 aromatic heterocycles. The second-order valence-electron chi connectivity index (χ2n) is 6.53. The zero-order chi connectivity index (χ0) is 18.4. The van der Waals surface area contributed by atoms with Gasteiger partial charge < -0.3 is 4.90 Å². The van der Waals surface area contributed by atoms with Crippen LogP contribution in [0.5, 0.6) is 0 Å². The Morgan fingerprint density at radius 1 is 1.12 bits per heavy atom. The van der Waals surface area contributed by atoms with Gasteiger partial charge in [-0.05, 0) is 23.5 Å². The maximum Gasteiger partial charge on any atom is 0.274 e. The highest BCUT2D eigenvalue weighted by atomic mass is 16.6. The first-order valence-corrected chi connectivity index (χ1v) is 8.43. The number of benzene rings is 2. The number of aryl methyl sites for hydroxylation is 1. The fourth-order valence-corrected chi connectivity index (χ4v) is 2.68. The largest absolute Gasteiger partial charge is 0.341 e. The van der Waals surface area contributed by atoms with Gasteiger partial charge in [0.05, 0.1) is 11.5 Å². The number of carbonyl (C=O) groups is 1. The molecule has 2 aromatic rings. The first-order valence-electron chi connectivity index (χ1n) is 8.43. The average Bonchev–Trinajstić information content (AvgIpc) is 2.60. The fraction of sp³-hybridized carbons (Fsp3) is 0.350. The minimum absolute atomic E-state index is 0.0221. The van der Waals surface area contributed by atoms with Crippen molar-refractivity contribution in [2.45, 2.75) is 39.2 Å². The molecule has 5 nitrogen and oxygen atoms in total. The third kappa shape index (κ3) is 5.14. The molecule has 0 atom stereocenters. The van der Waals surface area contributed by atoms with E-state index >= 15 is 0 Å². The van der Waals surface area contributed by atoms with Crippen LogP contribution in [-0.2, 0) is 17.8 Å². The summed E-state index contributed by atoms with van der Waals surface area (Å²) >= 11 is 0. The van der Waals surface area contributed by atoms with Gasteiger partial charge >= 0.3 is 0 Å². The molecular weight excluding hydrogens is 316 g/mol. The molecule has 0 unspecified atom stereocenters. The summed E-state index contributed by atoms with van der Waals surface area (Å²) in [6, 6.07) is 14.8. The number of nitro benzene ring substituents is 1. The monoisotopic (exact) mass is 340 g/mol. The van der Waals surface area contributed by atoms with E-state index in [4.69, 9.17) is 0 Å². The predicted octanol–water partition coefficient (Wildman–Crippen LogP) is 4.31. The van der Waals surface area contributed by atoms with Gasteiger partial charge in [0, 0.05) is 25.1 Å². The normalized spacial score (nSPS) is 10.7. The highest BCUT2D eigenvalue weighted by Gasteiger charge is 2.16. The van der Waals surface area contributed by atoms with E-state index in [-0.39, 0.29) is 18.1 Å². The lowest BCUT2D eigenvalue weighted by molar-refractivity contribution is -0.385. The number of nitro groups is 1. The van der Waals surface area contributed by atoms with Crippen LogP contribution in [0.25, 0.3) is 0 Å². The van der Waals surface area contributed by atoms with Gasteiger partial charge in [0.25, 0.3) is 5.69 Å². The molecule has 0 saturated carbocycles. The van der Waals surface area contributed by atoms with E-state index in [9.17, 15) is 14.9 Å². The second kappa shape index (κ2) is 8.42. The Hall–Kier alpha value is -2.69. The summed E-state index contributed by atoms with van der Waals surface area (Å²) in [4.78, 5) is 24.5. The highest BCUT2D eigenvalue weighted by molar-refractivity contribution is 5.76. The van der Waals surface area contributed by atoms with Crippen LogP contribution in [0, 0.1) is 10.1 Å². The van der Waals surface area contributed by atoms with Crippen LogP contribution >= 0.6 is 0 Å². The zero-order valence-corrected chi connectivity index (χ0v) is 14.9. The summed E-state index contributed by atoms with van der Waals surface area (Å²) in [6.07, 6.45) is 1.05. The van der Waals surface area contributed by atoms with Crippen molar-refractivity contribution in [1.29, 1.82) is 0 Å². The summed E-state index contributed by atoms with van der Waals surface area (Å²) in [5, 5.41) is 11.1. The average molecular weight is 340 g/mol. The molecular formula is C20H24N2O3. The van der Waals surface area contributed by atoms with Crippen molar-refractivity contribution in [1.82, 2.24) is 4.90 Å². The number of para-hydroxylation sites is 1. The van der Waals surface area contributed by atoms with E-state index in [1.165, 1.54) is 11.6 Å². The van der Waals surface area contributed by atoms with Gasteiger partial charge in [0.2, 0.25) is 5.91 Å². The molecule has 2 aromatic carbocycles. The van der Waals surface area contributed by atoms with Crippen LogP contribution in [-0.4, -0.2) is 22.8 Å². The lowest BCUT2D eigenvalue weighted by Gasteiger charge is -2.17. The van der Waals surface area contributed by atoms with Crippen LogP contribution in [0.1, 0.15) is 42.9 Å². The number of amides is 1. The molecule has 2 rings (SSSR count). The van der Waals surface area contributed by atoms with Crippen molar-refractivity contribution in [3.05, 3.63) is 75.3 Å². The summed E-state index contributed by atoms with van der Waals surface area (Å²) in [5.41, 5.74) is 3.00. The molecule has 0 saturated heterocycles. The number of nitrogens with zero attached hydrogens (tertiary/aromatic N) is 2. The van der Waals surface area contributed by atoms with Crippen molar-refractivity contribution in [3.8, 4) is 0 Å². The molecule has 0 bridgehead atoms. The summed E-state index contributed by atoms with van der Waals surface area (Å²) < 4.78 is 0. The van der Waals surface area contributed by atoms with E-state index in [0.717, 1.165) is 5.56 Å². The van der Waals surface area contributed by atoms with Crippen LogP contribution in [0.4, 0.5) is 5.69 Å². The second-order valence-corrected chi connectivity index (χ2v) is 6.53. The van der Waals surface area contributed by atoms with E-state index in [2.05, 4.69) is 38.1 Å². The van der Waals surface area contributed by atoms with Crippen molar-refractivity contribution in [2.75, 3.05) is 7.05 Å². The van der Waals surface area contributed by atoms with Crippen molar-refractivity contribution in [3.63, 3.8) is 0 Å². The molecule has 0 N–H and O–H groups in total. The zero-order valence-electron chi connectivity index (χ0n) is 14.9. The molecule has 0 aliphatic carbocycles. The smallest absolute Gasteiger partial charge is 0.274 e. The van der Waals surface area contributed by atoms with E-state index in [1.54, 1.807) is 30.1 Å². The summed E-state index contributed by atoms with van der Waals surface area (Å²) in [5.74, 6) is 0.467. The minimum Gasteiger partial charge on any atom is -0.341 e.